The summed E-state index contributed by atoms with van der Waals surface area (Å²) < 4.78 is 1.19. The molecule has 2 N–H and O–H groups in total. The van der Waals surface area contributed by atoms with Gasteiger partial charge in [0, 0.05) is 4.70 Å². The summed E-state index contributed by atoms with van der Waals surface area (Å²) in [5.41, 5.74) is 6.44. The summed E-state index contributed by atoms with van der Waals surface area (Å²) in [5, 5.41) is 3.13. The fraction of sp³-hybridized carbons (Fsp3) is 0.250. The molecule has 1 amide bonds. The smallest absolute Gasteiger partial charge is 0.239 e. The van der Waals surface area contributed by atoms with Crippen molar-refractivity contribution in [1.82, 2.24) is 4.90 Å². The van der Waals surface area contributed by atoms with E-state index in [0.717, 1.165) is 10.9 Å². The van der Waals surface area contributed by atoms with Crippen LogP contribution >= 0.6 is 11.3 Å². The molecule has 0 saturated carbocycles. The van der Waals surface area contributed by atoms with Crippen LogP contribution in [0.4, 0.5) is 0 Å². The molecule has 0 saturated heterocycles. The molecular formula is C12H14N2OS. The molecule has 0 fully saturated rings. The number of nitrogens with two attached hydrogens (primary N) is 1. The lowest BCUT2D eigenvalue weighted by atomic mass is 10.0. The van der Waals surface area contributed by atoms with Crippen LogP contribution in [0.15, 0.2) is 29.6 Å². The molecule has 3 nitrogen and oxygen atoms in total. The standard InChI is InChI=1S/C12H14N2OS/c1-14(2)11(12(13)15)9-7-16-10-6-4-3-5-8(9)10/h3-7,11H,1-2H3,(H2,13,15). The Labute approximate surface area is 98.5 Å². The van der Waals surface area contributed by atoms with E-state index in [9.17, 15) is 4.79 Å². The van der Waals surface area contributed by atoms with Gasteiger partial charge in [-0.1, -0.05) is 18.2 Å². The van der Waals surface area contributed by atoms with Crippen molar-refractivity contribution >= 4 is 27.3 Å². The van der Waals surface area contributed by atoms with Crippen LogP contribution in [0, 0.1) is 0 Å². The van der Waals surface area contributed by atoms with Crippen LogP contribution in [-0.4, -0.2) is 24.9 Å². The first-order valence-electron chi connectivity index (χ1n) is 5.03. The van der Waals surface area contributed by atoms with Gasteiger partial charge in [0.15, 0.2) is 0 Å². The molecular weight excluding hydrogens is 220 g/mol. The molecule has 1 aromatic carbocycles. The predicted octanol–water partition coefficient (Wildman–Crippen LogP) is 1.99. The molecule has 0 radical (unpaired) electrons. The quantitative estimate of drug-likeness (QED) is 0.882. The Morgan fingerprint density at radius 1 is 1.38 bits per heavy atom. The molecule has 4 heteroatoms. The highest BCUT2D eigenvalue weighted by Crippen LogP contribution is 2.31. The fourth-order valence-electron chi connectivity index (χ4n) is 1.90. The molecule has 0 aliphatic rings. The number of likely N-dealkylation sites (N-methyl/N-ethyl adjacent to an activating group) is 1. The lowest BCUT2D eigenvalue weighted by Crippen LogP contribution is -2.32. The maximum absolute atomic E-state index is 11.5. The summed E-state index contributed by atoms with van der Waals surface area (Å²) in [7, 11) is 3.73. The molecule has 1 aromatic heterocycles. The monoisotopic (exact) mass is 234 g/mol. The van der Waals surface area contributed by atoms with Crippen LogP contribution in [-0.2, 0) is 4.79 Å². The summed E-state index contributed by atoms with van der Waals surface area (Å²) in [6.07, 6.45) is 0. The minimum Gasteiger partial charge on any atom is -0.368 e. The van der Waals surface area contributed by atoms with Crippen molar-refractivity contribution < 1.29 is 4.79 Å². The zero-order valence-corrected chi connectivity index (χ0v) is 10.1. The number of primary amides is 1. The van der Waals surface area contributed by atoms with E-state index in [0.29, 0.717) is 0 Å². The summed E-state index contributed by atoms with van der Waals surface area (Å²) in [6, 6.07) is 7.71. The summed E-state index contributed by atoms with van der Waals surface area (Å²) in [4.78, 5) is 13.3. The van der Waals surface area contributed by atoms with Crippen molar-refractivity contribution in [2.75, 3.05) is 14.1 Å². The van der Waals surface area contributed by atoms with Crippen molar-refractivity contribution in [2.24, 2.45) is 5.73 Å². The average molecular weight is 234 g/mol. The zero-order valence-electron chi connectivity index (χ0n) is 9.31. The highest BCUT2D eigenvalue weighted by Gasteiger charge is 2.22. The zero-order chi connectivity index (χ0) is 11.7. The van der Waals surface area contributed by atoms with Crippen molar-refractivity contribution in [1.29, 1.82) is 0 Å². The number of amides is 1. The van der Waals surface area contributed by atoms with Gasteiger partial charge in [-0.05, 0) is 36.5 Å². The molecule has 1 heterocycles. The van der Waals surface area contributed by atoms with E-state index in [1.807, 2.05) is 42.6 Å². The maximum Gasteiger partial charge on any atom is 0.239 e. The second-order valence-electron chi connectivity index (χ2n) is 3.96. The molecule has 2 rings (SSSR count). The normalized spacial score (nSPS) is 13.2. The number of fused-ring (bicyclic) bond motifs is 1. The molecule has 84 valence electrons. The van der Waals surface area contributed by atoms with Crippen LogP contribution in [0.1, 0.15) is 11.6 Å². The first-order valence-corrected chi connectivity index (χ1v) is 5.91. The first kappa shape index (κ1) is 11.1. The third-order valence-electron chi connectivity index (χ3n) is 2.59. The highest BCUT2D eigenvalue weighted by molar-refractivity contribution is 7.17. The van der Waals surface area contributed by atoms with Gasteiger partial charge in [-0.2, -0.15) is 0 Å². The van der Waals surface area contributed by atoms with Crippen LogP contribution in [0.3, 0.4) is 0 Å². The first-order chi connectivity index (χ1) is 7.61. The minimum absolute atomic E-state index is 0.312. The number of hydrogen-bond acceptors (Lipinski definition) is 3. The van der Waals surface area contributed by atoms with Crippen LogP contribution < -0.4 is 5.73 Å². The van der Waals surface area contributed by atoms with Gasteiger partial charge in [0.25, 0.3) is 0 Å². The van der Waals surface area contributed by atoms with Gasteiger partial charge in [0.05, 0.1) is 0 Å². The Morgan fingerprint density at radius 3 is 2.69 bits per heavy atom. The lowest BCUT2D eigenvalue weighted by molar-refractivity contribution is -0.122. The van der Waals surface area contributed by atoms with Gasteiger partial charge in [-0.25, -0.2) is 0 Å². The van der Waals surface area contributed by atoms with Gasteiger partial charge in [0.1, 0.15) is 6.04 Å². The number of benzene rings is 1. The third-order valence-corrected chi connectivity index (χ3v) is 3.57. The number of thiophene rings is 1. The number of rotatable bonds is 3. The number of hydrogen-bond donors (Lipinski definition) is 1. The van der Waals surface area contributed by atoms with E-state index < -0.39 is 0 Å². The van der Waals surface area contributed by atoms with Gasteiger partial charge >= 0.3 is 0 Å². The Balaban J connectivity index is 2.57. The Bertz CT molecular complexity index is 518. The van der Waals surface area contributed by atoms with Crippen LogP contribution in [0.2, 0.25) is 0 Å². The van der Waals surface area contributed by atoms with Crippen molar-refractivity contribution in [3.05, 3.63) is 35.2 Å². The van der Waals surface area contributed by atoms with Gasteiger partial charge in [0.2, 0.25) is 5.91 Å². The summed E-state index contributed by atoms with van der Waals surface area (Å²) >= 11 is 1.64. The van der Waals surface area contributed by atoms with Gasteiger partial charge in [-0.3, -0.25) is 9.69 Å². The van der Waals surface area contributed by atoms with Crippen molar-refractivity contribution in [3.63, 3.8) is 0 Å². The largest absolute Gasteiger partial charge is 0.368 e. The van der Waals surface area contributed by atoms with E-state index in [1.54, 1.807) is 11.3 Å². The molecule has 0 aliphatic heterocycles. The number of carbonyl (C=O) groups is 1. The molecule has 0 aliphatic carbocycles. The second kappa shape index (κ2) is 4.23. The second-order valence-corrected chi connectivity index (χ2v) is 4.87. The van der Waals surface area contributed by atoms with E-state index in [1.165, 1.54) is 4.70 Å². The fourth-order valence-corrected chi connectivity index (χ4v) is 2.88. The molecule has 1 unspecified atom stereocenters. The predicted molar refractivity (Wildman–Crippen MR) is 67.4 cm³/mol. The van der Waals surface area contributed by atoms with Gasteiger partial charge < -0.3 is 5.73 Å². The molecule has 0 bridgehead atoms. The van der Waals surface area contributed by atoms with E-state index in [-0.39, 0.29) is 11.9 Å². The van der Waals surface area contributed by atoms with E-state index in [2.05, 4.69) is 6.07 Å². The average Bonchev–Trinajstić information content (AvgIpc) is 2.61. The van der Waals surface area contributed by atoms with Crippen molar-refractivity contribution in [2.45, 2.75) is 6.04 Å². The van der Waals surface area contributed by atoms with E-state index in [4.69, 9.17) is 5.73 Å². The molecule has 16 heavy (non-hydrogen) atoms. The highest BCUT2D eigenvalue weighted by atomic mass is 32.1. The summed E-state index contributed by atoms with van der Waals surface area (Å²) in [6.45, 7) is 0. The Kier molecular flexibility index (Phi) is 2.94. The van der Waals surface area contributed by atoms with Gasteiger partial charge in [-0.15, -0.1) is 11.3 Å². The SMILES string of the molecule is CN(C)C(C(N)=O)c1csc2ccccc12. The maximum atomic E-state index is 11.5. The topological polar surface area (TPSA) is 46.3 Å². The Hall–Kier alpha value is -1.39. The number of nitrogens with zero attached hydrogens (tertiary/aromatic N) is 1. The van der Waals surface area contributed by atoms with E-state index >= 15 is 0 Å². The number of carbonyl (C=O) groups excluding carboxylic acids is 1. The third kappa shape index (κ3) is 1.81. The molecule has 2 aromatic rings. The summed E-state index contributed by atoms with van der Waals surface area (Å²) in [5.74, 6) is -0.312. The van der Waals surface area contributed by atoms with Crippen molar-refractivity contribution in [3.8, 4) is 0 Å². The van der Waals surface area contributed by atoms with Crippen LogP contribution in [0.25, 0.3) is 10.1 Å². The van der Waals surface area contributed by atoms with Crippen LogP contribution in [0.5, 0.6) is 0 Å². The molecule has 1 atom stereocenters. The Morgan fingerprint density at radius 2 is 2.06 bits per heavy atom. The molecule has 0 spiro atoms. The minimum atomic E-state index is -0.351. The lowest BCUT2D eigenvalue weighted by Gasteiger charge is -2.20.